The average molecular weight is 219 g/mol. The normalized spacial score (nSPS) is 10.2. The molecule has 74 valence electrons. The minimum absolute atomic E-state index is 0.0787. The second kappa shape index (κ2) is 3.41. The third-order valence-electron chi connectivity index (χ3n) is 2.32. The van der Waals surface area contributed by atoms with Crippen LogP contribution < -0.4 is 5.43 Å². The molecule has 0 bridgehead atoms. The molecule has 3 nitrogen and oxygen atoms in total. The van der Waals surface area contributed by atoms with Crippen LogP contribution in [-0.2, 0) is 0 Å². The minimum atomic E-state index is -0.319. The Kier molecular flexibility index (Phi) is 2.22. The molecular formula is C11H7ClN2O. The summed E-state index contributed by atoms with van der Waals surface area (Å²) >= 11 is 5.93. The highest BCUT2D eigenvalue weighted by molar-refractivity contribution is 6.35. The molecule has 0 unspecified atom stereocenters. The molecule has 0 aliphatic rings. The van der Waals surface area contributed by atoms with Crippen LogP contribution in [0, 0.1) is 18.3 Å². The third-order valence-corrected chi connectivity index (χ3v) is 2.63. The van der Waals surface area contributed by atoms with Gasteiger partial charge in [0.2, 0.25) is 5.43 Å². The molecule has 1 N–H and O–H groups in total. The van der Waals surface area contributed by atoms with Crippen molar-refractivity contribution in [2.45, 2.75) is 6.92 Å². The summed E-state index contributed by atoms with van der Waals surface area (Å²) < 4.78 is 0. The van der Waals surface area contributed by atoms with Crippen molar-refractivity contribution >= 4 is 22.5 Å². The zero-order valence-corrected chi connectivity index (χ0v) is 8.72. The molecule has 1 heterocycles. The molecule has 0 saturated carbocycles. The molecule has 0 aliphatic carbocycles. The van der Waals surface area contributed by atoms with Crippen molar-refractivity contribution in [2.75, 3.05) is 0 Å². The second-order valence-corrected chi connectivity index (χ2v) is 3.66. The van der Waals surface area contributed by atoms with Crippen LogP contribution in [0.1, 0.15) is 11.1 Å². The number of fused-ring (bicyclic) bond motifs is 1. The van der Waals surface area contributed by atoms with Crippen LogP contribution >= 0.6 is 11.6 Å². The van der Waals surface area contributed by atoms with Crippen molar-refractivity contribution in [1.29, 1.82) is 5.26 Å². The number of nitriles is 1. The lowest BCUT2D eigenvalue weighted by Gasteiger charge is -2.03. The fourth-order valence-corrected chi connectivity index (χ4v) is 1.76. The maximum atomic E-state index is 11.8. The Morgan fingerprint density at radius 3 is 2.87 bits per heavy atom. The van der Waals surface area contributed by atoms with Gasteiger partial charge >= 0.3 is 0 Å². The SMILES string of the molecule is Cc1ccc(Cl)c2c(=O)c(C#N)c[nH]c12. The fraction of sp³-hybridized carbons (Fsp3) is 0.0909. The largest absolute Gasteiger partial charge is 0.359 e. The molecule has 0 aliphatic heterocycles. The van der Waals surface area contributed by atoms with E-state index in [1.165, 1.54) is 6.20 Å². The molecule has 15 heavy (non-hydrogen) atoms. The summed E-state index contributed by atoms with van der Waals surface area (Å²) in [5.41, 5.74) is 1.37. The van der Waals surface area contributed by atoms with Crippen molar-refractivity contribution in [3.8, 4) is 6.07 Å². The lowest BCUT2D eigenvalue weighted by atomic mass is 10.1. The number of halogens is 1. The first-order valence-corrected chi connectivity index (χ1v) is 4.73. The number of rotatable bonds is 0. The van der Waals surface area contributed by atoms with Gasteiger partial charge in [-0.2, -0.15) is 5.26 Å². The van der Waals surface area contributed by atoms with Crippen LogP contribution in [0.3, 0.4) is 0 Å². The highest BCUT2D eigenvalue weighted by Crippen LogP contribution is 2.21. The first-order chi connectivity index (χ1) is 7.15. The first kappa shape index (κ1) is 9.75. The molecule has 2 aromatic rings. The van der Waals surface area contributed by atoms with Crippen LogP contribution in [0.15, 0.2) is 23.1 Å². The number of aryl methyl sites for hydroxylation is 1. The van der Waals surface area contributed by atoms with Gasteiger partial charge < -0.3 is 4.98 Å². The Hall–Kier alpha value is -1.79. The zero-order valence-electron chi connectivity index (χ0n) is 7.97. The predicted molar refractivity (Wildman–Crippen MR) is 59.0 cm³/mol. The summed E-state index contributed by atoms with van der Waals surface area (Å²) in [6, 6.07) is 5.32. The zero-order chi connectivity index (χ0) is 11.0. The molecule has 1 aromatic heterocycles. The Labute approximate surface area is 90.9 Å². The van der Waals surface area contributed by atoms with E-state index in [4.69, 9.17) is 16.9 Å². The number of aromatic amines is 1. The second-order valence-electron chi connectivity index (χ2n) is 3.26. The Balaban J connectivity index is 3.07. The van der Waals surface area contributed by atoms with Crippen molar-refractivity contribution in [3.63, 3.8) is 0 Å². The van der Waals surface area contributed by atoms with E-state index in [0.29, 0.717) is 15.9 Å². The molecular weight excluding hydrogens is 212 g/mol. The molecule has 0 fully saturated rings. The topological polar surface area (TPSA) is 56.6 Å². The third kappa shape index (κ3) is 1.39. The number of aromatic nitrogens is 1. The van der Waals surface area contributed by atoms with E-state index in [0.717, 1.165) is 5.56 Å². The molecule has 1 aromatic carbocycles. The summed E-state index contributed by atoms with van der Waals surface area (Å²) in [6.07, 6.45) is 1.41. The standard InChI is InChI=1S/C11H7ClN2O/c1-6-2-3-8(12)9-10(6)14-5-7(4-13)11(9)15/h2-3,5H,1H3,(H,14,15). The summed E-state index contributed by atoms with van der Waals surface area (Å²) in [7, 11) is 0. The number of benzene rings is 1. The molecule has 0 saturated heterocycles. The van der Waals surface area contributed by atoms with Crippen LogP contribution in [0.5, 0.6) is 0 Å². The number of hydrogen-bond acceptors (Lipinski definition) is 2. The maximum absolute atomic E-state index is 11.8. The quantitative estimate of drug-likeness (QED) is 0.738. The average Bonchev–Trinajstić information content (AvgIpc) is 2.23. The molecule has 0 radical (unpaired) electrons. The Morgan fingerprint density at radius 2 is 2.20 bits per heavy atom. The van der Waals surface area contributed by atoms with E-state index in [1.54, 1.807) is 6.07 Å². The van der Waals surface area contributed by atoms with Crippen molar-refractivity contribution in [3.05, 3.63) is 44.7 Å². The number of H-pyrrole nitrogens is 1. The van der Waals surface area contributed by atoms with Gasteiger partial charge in [-0.15, -0.1) is 0 Å². The molecule has 4 heteroatoms. The predicted octanol–water partition coefficient (Wildman–Crippen LogP) is 2.36. The summed E-state index contributed by atoms with van der Waals surface area (Å²) in [6.45, 7) is 1.88. The smallest absolute Gasteiger partial charge is 0.208 e. The summed E-state index contributed by atoms with van der Waals surface area (Å²) in [5.74, 6) is 0. The van der Waals surface area contributed by atoms with E-state index in [-0.39, 0.29) is 11.0 Å². The number of pyridine rings is 1. The first-order valence-electron chi connectivity index (χ1n) is 4.35. The number of nitrogens with one attached hydrogen (secondary N) is 1. The molecule has 2 rings (SSSR count). The highest BCUT2D eigenvalue weighted by atomic mass is 35.5. The van der Waals surface area contributed by atoms with Crippen LogP contribution in [0.2, 0.25) is 5.02 Å². The molecule has 0 atom stereocenters. The minimum Gasteiger partial charge on any atom is -0.359 e. The highest BCUT2D eigenvalue weighted by Gasteiger charge is 2.09. The van der Waals surface area contributed by atoms with E-state index >= 15 is 0 Å². The van der Waals surface area contributed by atoms with Gasteiger partial charge in [-0.1, -0.05) is 17.7 Å². The van der Waals surface area contributed by atoms with Gasteiger partial charge in [0.15, 0.2) is 0 Å². The van der Waals surface area contributed by atoms with E-state index in [2.05, 4.69) is 4.98 Å². The van der Waals surface area contributed by atoms with Gasteiger partial charge in [0.25, 0.3) is 0 Å². The maximum Gasteiger partial charge on any atom is 0.208 e. The van der Waals surface area contributed by atoms with Crippen LogP contribution in [-0.4, -0.2) is 4.98 Å². The number of hydrogen-bond donors (Lipinski definition) is 1. The van der Waals surface area contributed by atoms with Gasteiger partial charge in [-0.3, -0.25) is 4.79 Å². The lowest BCUT2D eigenvalue weighted by Crippen LogP contribution is -2.08. The van der Waals surface area contributed by atoms with Gasteiger partial charge in [-0.25, -0.2) is 0 Å². The fourth-order valence-electron chi connectivity index (χ4n) is 1.52. The van der Waals surface area contributed by atoms with Crippen molar-refractivity contribution in [1.82, 2.24) is 4.98 Å². The Morgan fingerprint density at radius 1 is 1.47 bits per heavy atom. The van der Waals surface area contributed by atoms with E-state index < -0.39 is 0 Å². The van der Waals surface area contributed by atoms with Crippen molar-refractivity contribution in [2.24, 2.45) is 0 Å². The van der Waals surface area contributed by atoms with Crippen molar-refractivity contribution < 1.29 is 0 Å². The number of nitrogens with zero attached hydrogens (tertiary/aromatic N) is 1. The van der Waals surface area contributed by atoms with Crippen LogP contribution in [0.25, 0.3) is 10.9 Å². The molecule has 0 amide bonds. The van der Waals surface area contributed by atoms with Crippen LogP contribution in [0.4, 0.5) is 0 Å². The summed E-state index contributed by atoms with van der Waals surface area (Å²) in [5, 5.41) is 9.48. The summed E-state index contributed by atoms with van der Waals surface area (Å²) in [4.78, 5) is 14.7. The van der Waals surface area contributed by atoms with E-state index in [1.807, 2.05) is 19.1 Å². The van der Waals surface area contributed by atoms with Gasteiger partial charge in [0, 0.05) is 6.20 Å². The van der Waals surface area contributed by atoms with E-state index in [9.17, 15) is 4.79 Å². The van der Waals surface area contributed by atoms with Gasteiger partial charge in [-0.05, 0) is 18.6 Å². The van der Waals surface area contributed by atoms with Gasteiger partial charge in [0.1, 0.15) is 11.6 Å². The molecule has 0 spiro atoms. The lowest BCUT2D eigenvalue weighted by molar-refractivity contribution is 1.32. The van der Waals surface area contributed by atoms with Gasteiger partial charge in [0.05, 0.1) is 15.9 Å². The Bertz CT molecular complexity index is 637. The monoisotopic (exact) mass is 218 g/mol.